The summed E-state index contributed by atoms with van der Waals surface area (Å²) in [6.45, 7) is 0. The first-order chi connectivity index (χ1) is 2.00. The fraction of sp³-hybridized carbons (Fsp3) is 0. The predicted octanol–water partition coefficient (Wildman–Crippen LogP) is -1.84. The van der Waals surface area contributed by atoms with E-state index < -0.39 is 10.4 Å². The van der Waals surface area contributed by atoms with Crippen molar-refractivity contribution in [3.05, 3.63) is 0 Å². The summed E-state index contributed by atoms with van der Waals surface area (Å²) in [6.07, 6.45) is 0. The van der Waals surface area contributed by atoms with E-state index in [1.165, 1.54) is 0 Å². The summed E-state index contributed by atoms with van der Waals surface area (Å²) in [5.74, 6) is 0. The van der Waals surface area contributed by atoms with Gasteiger partial charge in [0.15, 0.2) is 0 Å². The van der Waals surface area contributed by atoms with Crippen LogP contribution in [-0.4, -0.2) is 55.2 Å². The summed E-state index contributed by atoms with van der Waals surface area (Å²) in [6, 6.07) is 0. The van der Waals surface area contributed by atoms with Crippen molar-refractivity contribution >= 4 is 61.6 Å². The van der Waals surface area contributed by atoms with E-state index in [0.29, 0.717) is 0 Å². The molecule has 0 unspecified atom stereocenters. The van der Waals surface area contributed by atoms with Gasteiger partial charge in [-0.15, -0.1) is 0 Å². The average molecular weight is 148 g/mol. The van der Waals surface area contributed by atoms with Crippen LogP contribution in [0.3, 0.4) is 0 Å². The van der Waals surface area contributed by atoms with Crippen LogP contribution in [0.25, 0.3) is 0 Å². The minimum absolute atomic E-state index is 0. The molecule has 0 amide bonds. The van der Waals surface area contributed by atoms with Gasteiger partial charge in [0.05, 0.1) is 0 Å². The Bertz CT molecular complexity index is 95.2. The molecule has 0 aliphatic carbocycles. The Morgan fingerprint density at radius 2 is 1.00 bits per heavy atom. The van der Waals surface area contributed by atoms with Crippen LogP contribution in [0, 0.1) is 0 Å². The molecule has 0 atom stereocenters. The van der Waals surface area contributed by atoms with Gasteiger partial charge in [0.25, 0.3) is 0 Å². The van der Waals surface area contributed by atoms with Crippen molar-refractivity contribution in [2.24, 2.45) is 0 Å². The Morgan fingerprint density at radius 1 is 1.00 bits per heavy atom. The van der Waals surface area contributed by atoms with Gasteiger partial charge < -0.3 is 0 Å². The first kappa shape index (κ1) is 22.7. The molecule has 0 aromatic heterocycles. The van der Waals surface area contributed by atoms with Gasteiger partial charge in [0, 0.05) is 0 Å². The SMILES string of the molecule is O=S(=O)(O)O.S.[LiH].[LiH]. The second-order valence-electron chi connectivity index (χ2n) is 0.448. The second kappa shape index (κ2) is 8.41. The summed E-state index contributed by atoms with van der Waals surface area (Å²) in [4.78, 5) is 0. The van der Waals surface area contributed by atoms with Crippen LogP contribution in [0.4, 0.5) is 0 Å². The quantitative estimate of drug-likeness (QED) is 0.313. The number of hydrogen-bond donors (Lipinski definition) is 2. The van der Waals surface area contributed by atoms with Crippen LogP contribution < -0.4 is 0 Å². The number of rotatable bonds is 0. The molecule has 0 aromatic carbocycles. The zero-order valence-electron chi connectivity index (χ0n) is 2.62. The van der Waals surface area contributed by atoms with Crippen molar-refractivity contribution in [2.75, 3.05) is 0 Å². The van der Waals surface area contributed by atoms with Crippen LogP contribution in [0.1, 0.15) is 0 Å². The van der Waals surface area contributed by atoms with Crippen molar-refractivity contribution in [3.8, 4) is 0 Å². The fourth-order valence-electron chi connectivity index (χ4n) is 0. The topological polar surface area (TPSA) is 74.6 Å². The summed E-state index contributed by atoms with van der Waals surface area (Å²) < 4.78 is 31.6. The van der Waals surface area contributed by atoms with E-state index in [1.807, 2.05) is 0 Å². The first-order valence-electron chi connectivity index (χ1n) is 0.698. The van der Waals surface area contributed by atoms with Gasteiger partial charge in [-0.1, -0.05) is 0 Å². The van der Waals surface area contributed by atoms with Gasteiger partial charge >= 0.3 is 48.1 Å². The fourth-order valence-corrected chi connectivity index (χ4v) is 0. The Labute approximate surface area is 78.8 Å². The molecular formula is H6Li2O4S2. The van der Waals surface area contributed by atoms with Gasteiger partial charge in [0.1, 0.15) is 0 Å². The molecule has 0 radical (unpaired) electrons. The van der Waals surface area contributed by atoms with E-state index in [4.69, 9.17) is 17.5 Å². The van der Waals surface area contributed by atoms with E-state index >= 15 is 0 Å². The van der Waals surface area contributed by atoms with Gasteiger partial charge in [-0.3, -0.25) is 9.11 Å². The molecule has 0 saturated heterocycles. The standard InChI is InChI=1S/2Li.H2O4S.H2S.2H/c;;1-5(2,3)4;;;/h;;(H2,1,2,3,4);1H2;;. The Balaban J connectivity index is -0.0000000267. The van der Waals surface area contributed by atoms with Crippen molar-refractivity contribution in [1.82, 2.24) is 0 Å². The van der Waals surface area contributed by atoms with Gasteiger partial charge in [-0.25, -0.2) is 0 Å². The van der Waals surface area contributed by atoms with Crippen LogP contribution in [0.2, 0.25) is 0 Å². The van der Waals surface area contributed by atoms with Crippen LogP contribution in [0.5, 0.6) is 0 Å². The van der Waals surface area contributed by atoms with Crippen LogP contribution in [-0.2, 0) is 10.4 Å². The normalized spacial score (nSPS) is 7.25. The molecular weight excluding hydrogens is 142 g/mol. The Kier molecular flexibility index (Phi) is 23.9. The molecule has 4 nitrogen and oxygen atoms in total. The molecule has 0 rings (SSSR count). The average Bonchev–Trinajstić information content (AvgIpc) is 0.722. The van der Waals surface area contributed by atoms with Crippen molar-refractivity contribution in [3.63, 3.8) is 0 Å². The van der Waals surface area contributed by atoms with Gasteiger partial charge in [-0.2, -0.15) is 21.9 Å². The molecule has 0 saturated carbocycles. The maximum atomic E-state index is 8.74. The molecule has 0 fully saturated rings. The third-order valence-electron chi connectivity index (χ3n) is 0. The molecule has 0 spiro atoms. The maximum absolute atomic E-state index is 8.74. The van der Waals surface area contributed by atoms with E-state index in [1.54, 1.807) is 0 Å². The van der Waals surface area contributed by atoms with Crippen molar-refractivity contribution in [2.45, 2.75) is 0 Å². The van der Waals surface area contributed by atoms with Gasteiger partial charge in [0.2, 0.25) is 0 Å². The minimum atomic E-state index is -4.67. The third-order valence-corrected chi connectivity index (χ3v) is 0. The second-order valence-corrected chi connectivity index (χ2v) is 1.34. The molecule has 0 aliphatic heterocycles. The first-order valence-corrected chi connectivity index (χ1v) is 2.10. The van der Waals surface area contributed by atoms with Crippen LogP contribution >= 0.6 is 13.5 Å². The molecule has 0 aliphatic rings. The van der Waals surface area contributed by atoms with E-state index in [-0.39, 0.29) is 51.2 Å². The van der Waals surface area contributed by atoms with E-state index in [0.717, 1.165) is 0 Å². The van der Waals surface area contributed by atoms with E-state index in [2.05, 4.69) is 0 Å². The summed E-state index contributed by atoms with van der Waals surface area (Å²) >= 11 is 0. The molecule has 8 heavy (non-hydrogen) atoms. The molecule has 44 valence electrons. The number of hydrogen-bond acceptors (Lipinski definition) is 2. The van der Waals surface area contributed by atoms with Crippen LogP contribution in [0.15, 0.2) is 0 Å². The Hall–Kier alpha value is 1.41. The van der Waals surface area contributed by atoms with Crippen molar-refractivity contribution < 1.29 is 17.5 Å². The Morgan fingerprint density at radius 3 is 1.00 bits per heavy atom. The monoisotopic (exact) mass is 148 g/mol. The van der Waals surface area contributed by atoms with Gasteiger partial charge in [-0.05, 0) is 0 Å². The molecule has 0 bridgehead atoms. The third kappa shape index (κ3) is 152. The summed E-state index contributed by atoms with van der Waals surface area (Å²) in [5.41, 5.74) is 0. The molecule has 8 heteroatoms. The van der Waals surface area contributed by atoms with Crippen molar-refractivity contribution in [1.29, 1.82) is 0 Å². The zero-order chi connectivity index (χ0) is 4.50. The molecule has 2 N–H and O–H groups in total. The predicted molar refractivity (Wildman–Crippen MR) is 38.9 cm³/mol. The molecule has 0 aromatic rings. The summed E-state index contributed by atoms with van der Waals surface area (Å²) in [5, 5.41) is 0. The van der Waals surface area contributed by atoms with E-state index in [9.17, 15) is 0 Å². The summed E-state index contributed by atoms with van der Waals surface area (Å²) in [7, 11) is -4.67. The zero-order valence-corrected chi connectivity index (χ0v) is 4.44. The molecule has 0 heterocycles.